The van der Waals surface area contributed by atoms with Crippen LogP contribution in [0.5, 0.6) is 0 Å². The molecule has 0 aliphatic rings. The summed E-state index contributed by atoms with van der Waals surface area (Å²) in [6, 6.07) is 6.13. The zero-order chi connectivity index (χ0) is 12.0. The van der Waals surface area contributed by atoms with E-state index in [4.69, 9.17) is 0 Å². The number of likely N-dealkylation sites (N-methyl/N-ethyl adjacent to an activating group) is 1. The number of alkyl halides is 2. The number of carbonyl (C=O) groups is 1. The van der Waals surface area contributed by atoms with Gasteiger partial charge in [-0.05, 0) is 11.6 Å². The molecule has 0 aromatic heterocycles. The summed E-state index contributed by atoms with van der Waals surface area (Å²) in [6.45, 7) is 0.573. The summed E-state index contributed by atoms with van der Waals surface area (Å²) in [5.41, 5.74) is 0.737. The number of halogens is 2. The minimum absolute atomic E-state index is 0.000701. The van der Waals surface area contributed by atoms with E-state index in [9.17, 15) is 13.6 Å². The lowest BCUT2D eigenvalue weighted by Crippen LogP contribution is -2.30. The molecule has 0 saturated carbocycles. The first-order valence-corrected chi connectivity index (χ1v) is 4.91. The molecule has 0 aliphatic heterocycles. The lowest BCUT2D eigenvalue weighted by Gasteiger charge is -2.06. The predicted molar refractivity (Wildman–Crippen MR) is 57.2 cm³/mol. The van der Waals surface area contributed by atoms with E-state index in [1.165, 1.54) is 12.1 Å². The van der Waals surface area contributed by atoms with Crippen LogP contribution in [0, 0.1) is 0 Å². The Morgan fingerprint density at radius 1 is 1.44 bits per heavy atom. The molecule has 1 aromatic carbocycles. The van der Waals surface area contributed by atoms with E-state index in [0.29, 0.717) is 6.54 Å². The van der Waals surface area contributed by atoms with E-state index in [1.54, 1.807) is 19.2 Å². The molecule has 1 aromatic rings. The van der Waals surface area contributed by atoms with E-state index < -0.39 is 6.43 Å². The van der Waals surface area contributed by atoms with Crippen LogP contribution in [-0.4, -0.2) is 19.5 Å². The summed E-state index contributed by atoms with van der Waals surface area (Å²) in [5.74, 6) is -0.134. The van der Waals surface area contributed by atoms with Crippen LogP contribution < -0.4 is 10.6 Å². The SMILES string of the molecule is CNC(=O)CNCc1cccc(C(F)F)c1. The molecule has 0 radical (unpaired) electrons. The first-order valence-electron chi connectivity index (χ1n) is 4.91. The highest BCUT2D eigenvalue weighted by Gasteiger charge is 2.06. The number of hydrogen-bond donors (Lipinski definition) is 2. The molecule has 0 aliphatic carbocycles. The Balaban J connectivity index is 2.48. The monoisotopic (exact) mass is 228 g/mol. The van der Waals surface area contributed by atoms with Crippen LogP contribution in [0.15, 0.2) is 24.3 Å². The average molecular weight is 228 g/mol. The highest BCUT2D eigenvalue weighted by atomic mass is 19.3. The lowest BCUT2D eigenvalue weighted by atomic mass is 10.1. The molecule has 3 nitrogen and oxygen atoms in total. The van der Waals surface area contributed by atoms with Crippen molar-refractivity contribution in [2.75, 3.05) is 13.6 Å². The maximum Gasteiger partial charge on any atom is 0.263 e. The second-order valence-electron chi connectivity index (χ2n) is 3.32. The summed E-state index contributed by atoms with van der Waals surface area (Å²) in [4.78, 5) is 10.9. The van der Waals surface area contributed by atoms with Gasteiger partial charge in [0.1, 0.15) is 0 Å². The topological polar surface area (TPSA) is 41.1 Å². The molecule has 1 amide bonds. The minimum atomic E-state index is -2.46. The van der Waals surface area contributed by atoms with Crippen molar-refractivity contribution in [2.45, 2.75) is 13.0 Å². The van der Waals surface area contributed by atoms with Crippen LogP contribution in [-0.2, 0) is 11.3 Å². The van der Waals surface area contributed by atoms with Gasteiger partial charge in [-0.3, -0.25) is 4.79 Å². The molecule has 0 bridgehead atoms. The van der Waals surface area contributed by atoms with E-state index in [1.807, 2.05) is 0 Å². The third-order valence-electron chi connectivity index (χ3n) is 2.10. The van der Waals surface area contributed by atoms with E-state index in [0.717, 1.165) is 5.56 Å². The predicted octanol–water partition coefficient (Wildman–Crippen LogP) is 1.46. The van der Waals surface area contributed by atoms with Gasteiger partial charge in [0.15, 0.2) is 0 Å². The fourth-order valence-corrected chi connectivity index (χ4v) is 1.25. The third-order valence-corrected chi connectivity index (χ3v) is 2.10. The molecule has 16 heavy (non-hydrogen) atoms. The summed E-state index contributed by atoms with van der Waals surface area (Å²) in [7, 11) is 1.54. The highest BCUT2D eigenvalue weighted by Crippen LogP contribution is 2.19. The molecule has 88 valence electrons. The Labute approximate surface area is 92.8 Å². The Hall–Kier alpha value is -1.49. The quantitative estimate of drug-likeness (QED) is 0.801. The molecule has 0 fully saturated rings. The fourth-order valence-electron chi connectivity index (χ4n) is 1.25. The van der Waals surface area contributed by atoms with Crippen LogP contribution in [0.25, 0.3) is 0 Å². The normalized spacial score (nSPS) is 10.5. The van der Waals surface area contributed by atoms with Gasteiger partial charge in [0.25, 0.3) is 6.43 Å². The summed E-state index contributed by atoms with van der Waals surface area (Å²) < 4.78 is 24.7. The lowest BCUT2D eigenvalue weighted by molar-refractivity contribution is -0.119. The second-order valence-corrected chi connectivity index (χ2v) is 3.32. The van der Waals surface area contributed by atoms with Gasteiger partial charge in [-0.1, -0.05) is 18.2 Å². The zero-order valence-electron chi connectivity index (χ0n) is 8.97. The van der Waals surface area contributed by atoms with Gasteiger partial charge in [0.05, 0.1) is 6.54 Å². The first-order chi connectivity index (χ1) is 7.63. The standard InChI is InChI=1S/C11H14F2N2O/c1-14-10(16)7-15-6-8-3-2-4-9(5-8)11(12)13/h2-5,11,15H,6-7H2,1H3,(H,14,16). The van der Waals surface area contributed by atoms with Gasteiger partial charge in [0, 0.05) is 19.2 Å². The van der Waals surface area contributed by atoms with Crippen LogP contribution in [0.3, 0.4) is 0 Å². The fraction of sp³-hybridized carbons (Fsp3) is 0.364. The number of rotatable bonds is 5. The molecular formula is C11H14F2N2O. The number of carbonyl (C=O) groups excluding carboxylic acids is 1. The Morgan fingerprint density at radius 3 is 2.81 bits per heavy atom. The number of hydrogen-bond acceptors (Lipinski definition) is 2. The van der Waals surface area contributed by atoms with E-state index >= 15 is 0 Å². The third kappa shape index (κ3) is 3.94. The number of nitrogens with one attached hydrogen (secondary N) is 2. The minimum Gasteiger partial charge on any atom is -0.358 e. The molecule has 1 rings (SSSR count). The smallest absolute Gasteiger partial charge is 0.263 e. The average Bonchev–Trinajstić information content (AvgIpc) is 2.29. The Kier molecular flexibility index (Phi) is 4.85. The van der Waals surface area contributed by atoms with Crippen molar-refractivity contribution in [3.05, 3.63) is 35.4 Å². The van der Waals surface area contributed by atoms with Crippen LogP contribution in [0.4, 0.5) is 8.78 Å². The van der Waals surface area contributed by atoms with Gasteiger partial charge in [0.2, 0.25) is 5.91 Å². The Bertz CT molecular complexity index is 356. The molecular weight excluding hydrogens is 214 g/mol. The highest BCUT2D eigenvalue weighted by molar-refractivity contribution is 5.77. The molecule has 0 atom stereocenters. The second kappa shape index (κ2) is 6.17. The van der Waals surface area contributed by atoms with Gasteiger partial charge < -0.3 is 10.6 Å². The summed E-state index contributed by atoms with van der Waals surface area (Å²) in [6.07, 6.45) is -2.46. The molecule has 2 N–H and O–H groups in total. The summed E-state index contributed by atoms with van der Waals surface area (Å²) >= 11 is 0. The number of amides is 1. The van der Waals surface area contributed by atoms with Crippen LogP contribution in [0.1, 0.15) is 17.6 Å². The van der Waals surface area contributed by atoms with E-state index in [2.05, 4.69) is 10.6 Å². The van der Waals surface area contributed by atoms with Gasteiger partial charge in [-0.15, -0.1) is 0 Å². The maximum atomic E-state index is 12.4. The molecule has 0 spiro atoms. The van der Waals surface area contributed by atoms with Crippen molar-refractivity contribution < 1.29 is 13.6 Å². The zero-order valence-corrected chi connectivity index (χ0v) is 8.97. The molecule has 0 heterocycles. The Morgan fingerprint density at radius 2 is 2.19 bits per heavy atom. The van der Waals surface area contributed by atoms with Crippen molar-refractivity contribution in [1.29, 1.82) is 0 Å². The first kappa shape index (κ1) is 12.6. The number of benzene rings is 1. The van der Waals surface area contributed by atoms with E-state index in [-0.39, 0.29) is 18.0 Å². The molecule has 0 unspecified atom stereocenters. The van der Waals surface area contributed by atoms with Crippen molar-refractivity contribution in [2.24, 2.45) is 0 Å². The van der Waals surface area contributed by atoms with Gasteiger partial charge in [-0.25, -0.2) is 8.78 Å². The molecule has 0 saturated heterocycles. The summed E-state index contributed by atoms with van der Waals surface area (Å²) in [5, 5.41) is 5.32. The van der Waals surface area contributed by atoms with Gasteiger partial charge >= 0.3 is 0 Å². The van der Waals surface area contributed by atoms with Crippen molar-refractivity contribution >= 4 is 5.91 Å². The maximum absolute atomic E-state index is 12.4. The van der Waals surface area contributed by atoms with Crippen molar-refractivity contribution in [1.82, 2.24) is 10.6 Å². The van der Waals surface area contributed by atoms with Crippen LogP contribution >= 0.6 is 0 Å². The largest absolute Gasteiger partial charge is 0.358 e. The van der Waals surface area contributed by atoms with Crippen LogP contribution in [0.2, 0.25) is 0 Å². The molecule has 5 heteroatoms. The van der Waals surface area contributed by atoms with Crippen molar-refractivity contribution in [3.8, 4) is 0 Å². The van der Waals surface area contributed by atoms with Crippen molar-refractivity contribution in [3.63, 3.8) is 0 Å². The van der Waals surface area contributed by atoms with Gasteiger partial charge in [-0.2, -0.15) is 0 Å².